The number of ether oxygens (including phenoxy) is 1. The number of carbonyl (C=O) groups is 2. The fourth-order valence-electron chi connectivity index (χ4n) is 3.49. The van der Waals surface area contributed by atoms with Gasteiger partial charge in [-0.2, -0.15) is 0 Å². The van der Waals surface area contributed by atoms with E-state index in [1.807, 2.05) is 61.5 Å². The Labute approximate surface area is 183 Å². The van der Waals surface area contributed by atoms with Crippen molar-refractivity contribution in [3.63, 3.8) is 0 Å². The Morgan fingerprint density at radius 3 is 2.37 bits per heavy atom. The normalized spacial score (nSPS) is 13.8. The van der Waals surface area contributed by atoms with E-state index in [2.05, 4.69) is 21.2 Å². The highest BCUT2D eigenvalue weighted by molar-refractivity contribution is 9.10. The van der Waals surface area contributed by atoms with Crippen molar-refractivity contribution >= 4 is 44.7 Å². The standard InChI is InChI=1S/C24H19BrN2O3/c1-15-8-3-5-12-19(15)27-23(28)21(18-11-4-6-13-20(18)30-2)22(24(27)29)26-17-10-7-9-16(25)14-17/h3-14,26H,1-2H3. The van der Waals surface area contributed by atoms with E-state index in [1.165, 1.54) is 4.90 Å². The Bertz CT molecular complexity index is 1190. The van der Waals surface area contributed by atoms with Crippen molar-refractivity contribution in [3.8, 4) is 5.75 Å². The van der Waals surface area contributed by atoms with Gasteiger partial charge in [0.1, 0.15) is 11.4 Å². The molecule has 5 nitrogen and oxygen atoms in total. The second-order valence-corrected chi connectivity index (χ2v) is 7.73. The van der Waals surface area contributed by atoms with Gasteiger partial charge in [0.15, 0.2) is 0 Å². The molecule has 30 heavy (non-hydrogen) atoms. The third-order valence-electron chi connectivity index (χ3n) is 4.91. The average Bonchev–Trinajstić information content (AvgIpc) is 2.98. The van der Waals surface area contributed by atoms with Gasteiger partial charge in [-0.05, 0) is 42.8 Å². The van der Waals surface area contributed by atoms with E-state index >= 15 is 0 Å². The van der Waals surface area contributed by atoms with Crippen LogP contribution < -0.4 is 15.0 Å². The van der Waals surface area contributed by atoms with Crippen molar-refractivity contribution in [3.05, 3.63) is 94.1 Å². The smallest absolute Gasteiger partial charge is 0.282 e. The van der Waals surface area contributed by atoms with Crippen LogP contribution >= 0.6 is 15.9 Å². The molecule has 6 heteroatoms. The first-order chi connectivity index (χ1) is 14.5. The second-order valence-electron chi connectivity index (χ2n) is 6.82. The molecule has 1 heterocycles. The SMILES string of the molecule is COc1ccccc1C1=C(Nc2cccc(Br)c2)C(=O)N(c2ccccc2C)C1=O. The maximum Gasteiger partial charge on any atom is 0.282 e. The van der Waals surface area contributed by atoms with Crippen LogP contribution in [-0.2, 0) is 9.59 Å². The molecule has 0 unspecified atom stereocenters. The van der Waals surface area contributed by atoms with Crippen LogP contribution in [-0.4, -0.2) is 18.9 Å². The summed E-state index contributed by atoms with van der Waals surface area (Å²) in [6.07, 6.45) is 0. The fourth-order valence-corrected chi connectivity index (χ4v) is 3.89. The van der Waals surface area contributed by atoms with E-state index in [4.69, 9.17) is 4.74 Å². The third kappa shape index (κ3) is 3.50. The number of anilines is 2. The summed E-state index contributed by atoms with van der Waals surface area (Å²) >= 11 is 3.44. The maximum atomic E-state index is 13.5. The second kappa shape index (κ2) is 8.16. The Hall–Kier alpha value is -3.38. The molecule has 0 atom stereocenters. The van der Waals surface area contributed by atoms with Gasteiger partial charge >= 0.3 is 0 Å². The molecule has 1 N–H and O–H groups in total. The molecule has 0 fully saturated rings. The molecule has 1 aliphatic heterocycles. The first kappa shape index (κ1) is 19.9. The zero-order chi connectivity index (χ0) is 21.3. The van der Waals surface area contributed by atoms with Crippen molar-refractivity contribution in [1.29, 1.82) is 0 Å². The molecule has 0 aromatic heterocycles. The number of amides is 2. The Kier molecular flexibility index (Phi) is 5.42. The lowest BCUT2D eigenvalue weighted by atomic mass is 10.0. The fraction of sp³-hybridized carbons (Fsp3) is 0.0833. The van der Waals surface area contributed by atoms with Crippen LogP contribution in [0.2, 0.25) is 0 Å². The highest BCUT2D eigenvalue weighted by Gasteiger charge is 2.41. The number of hydrogen-bond donors (Lipinski definition) is 1. The topological polar surface area (TPSA) is 58.6 Å². The van der Waals surface area contributed by atoms with Gasteiger partial charge in [0.05, 0.1) is 18.4 Å². The monoisotopic (exact) mass is 462 g/mol. The van der Waals surface area contributed by atoms with Gasteiger partial charge in [0.2, 0.25) is 0 Å². The Morgan fingerprint density at radius 1 is 0.900 bits per heavy atom. The van der Waals surface area contributed by atoms with Gasteiger partial charge < -0.3 is 10.1 Å². The average molecular weight is 463 g/mol. The minimum atomic E-state index is -0.407. The van der Waals surface area contributed by atoms with Crippen molar-refractivity contribution in [2.24, 2.45) is 0 Å². The lowest BCUT2D eigenvalue weighted by Gasteiger charge is -2.18. The highest BCUT2D eigenvalue weighted by Crippen LogP contribution is 2.38. The summed E-state index contributed by atoms with van der Waals surface area (Å²) < 4.78 is 6.33. The molecule has 0 saturated heterocycles. The molecule has 1 aliphatic rings. The number of nitrogens with one attached hydrogen (secondary N) is 1. The first-order valence-corrected chi connectivity index (χ1v) is 10.1. The molecule has 3 aromatic carbocycles. The predicted molar refractivity (Wildman–Crippen MR) is 121 cm³/mol. The van der Waals surface area contributed by atoms with E-state index in [0.29, 0.717) is 22.7 Å². The number of methoxy groups -OCH3 is 1. The van der Waals surface area contributed by atoms with Crippen LogP contribution in [0.3, 0.4) is 0 Å². The number of benzene rings is 3. The van der Waals surface area contributed by atoms with Crippen LogP contribution in [0.4, 0.5) is 11.4 Å². The highest BCUT2D eigenvalue weighted by atomic mass is 79.9. The molecular weight excluding hydrogens is 444 g/mol. The summed E-state index contributed by atoms with van der Waals surface area (Å²) in [5, 5.41) is 3.16. The summed E-state index contributed by atoms with van der Waals surface area (Å²) in [5.74, 6) is -0.277. The molecular formula is C24H19BrN2O3. The quantitative estimate of drug-likeness (QED) is 0.531. The minimum Gasteiger partial charge on any atom is -0.496 e. The molecule has 0 spiro atoms. The third-order valence-corrected chi connectivity index (χ3v) is 5.40. The summed E-state index contributed by atoms with van der Waals surface area (Å²) in [5.41, 5.74) is 3.14. The van der Waals surface area contributed by atoms with Gasteiger partial charge in [0, 0.05) is 15.7 Å². The van der Waals surface area contributed by atoms with Crippen molar-refractivity contribution in [2.45, 2.75) is 6.92 Å². The molecule has 0 aliphatic carbocycles. The summed E-state index contributed by atoms with van der Waals surface area (Å²) in [4.78, 5) is 28.2. The Morgan fingerprint density at radius 2 is 1.63 bits per heavy atom. The number of hydrogen-bond acceptors (Lipinski definition) is 4. The van der Waals surface area contributed by atoms with Crippen LogP contribution in [0.25, 0.3) is 5.57 Å². The predicted octanol–water partition coefficient (Wildman–Crippen LogP) is 5.16. The van der Waals surface area contributed by atoms with Crippen molar-refractivity contribution in [1.82, 2.24) is 0 Å². The molecule has 0 bridgehead atoms. The lowest BCUT2D eigenvalue weighted by molar-refractivity contribution is -0.120. The summed E-state index contributed by atoms with van der Waals surface area (Å²) in [7, 11) is 1.54. The van der Waals surface area contributed by atoms with E-state index in [-0.39, 0.29) is 11.3 Å². The van der Waals surface area contributed by atoms with Crippen molar-refractivity contribution < 1.29 is 14.3 Å². The van der Waals surface area contributed by atoms with Crippen molar-refractivity contribution in [2.75, 3.05) is 17.3 Å². The van der Waals surface area contributed by atoms with Crippen LogP contribution in [0, 0.1) is 6.92 Å². The summed E-state index contributed by atoms with van der Waals surface area (Å²) in [6.45, 7) is 1.87. The number of nitrogens with zero attached hydrogens (tertiary/aromatic N) is 1. The molecule has 0 radical (unpaired) electrons. The van der Waals surface area contributed by atoms with Gasteiger partial charge in [-0.1, -0.05) is 58.4 Å². The van der Waals surface area contributed by atoms with Gasteiger partial charge in [-0.15, -0.1) is 0 Å². The summed E-state index contributed by atoms with van der Waals surface area (Å²) in [6, 6.07) is 22.0. The van der Waals surface area contributed by atoms with Crippen LogP contribution in [0.15, 0.2) is 83.0 Å². The van der Waals surface area contributed by atoms with E-state index in [9.17, 15) is 9.59 Å². The maximum absolute atomic E-state index is 13.5. The number of imide groups is 1. The molecule has 4 rings (SSSR count). The molecule has 2 amide bonds. The minimum absolute atomic E-state index is 0.214. The number of rotatable bonds is 5. The van der Waals surface area contributed by atoms with E-state index in [0.717, 1.165) is 10.0 Å². The number of aryl methyl sites for hydroxylation is 1. The molecule has 150 valence electrons. The van der Waals surface area contributed by atoms with Crippen LogP contribution in [0.1, 0.15) is 11.1 Å². The number of halogens is 1. The molecule has 0 saturated carbocycles. The van der Waals surface area contributed by atoms with E-state index < -0.39 is 11.8 Å². The molecule has 3 aromatic rings. The zero-order valence-electron chi connectivity index (χ0n) is 16.5. The van der Waals surface area contributed by atoms with Gasteiger partial charge in [-0.25, -0.2) is 4.90 Å². The van der Waals surface area contributed by atoms with E-state index in [1.54, 1.807) is 25.3 Å². The number of carbonyl (C=O) groups excluding carboxylic acids is 2. The largest absolute Gasteiger partial charge is 0.496 e. The first-order valence-electron chi connectivity index (χ1n) is 9.36. The zero-order valence-corrected chi connectivity index (χ0v) is 18.1. The number of para-hydroxylation sites is 2. The lowest BCUT2D eigenvalue weighted by Crippen LogP contribution is -2.33. The van der Waals surface area contributed by atoms with Crippen LogP contribution in [0.5, 0.6) is 5.75 Å². The van der Waals surface area contributed by atoms with Gasteiger partial charge in [0.25, 0.3) is 11.8 Å². The van der Waals surface area contributed by atoms with Gasteiger partial charge in [-0.3, -0.25) is 9.59 Å². The Balaban J connectivity index is 1.89.